The maximum absolute atomic E-state index is 11.5. The third kappa shape index (κ3) is 1.81. The summed E-state index contributed by atoms with van der Waals surface area (Å²) in [6, 6.07) is 0.447. The molecule has 0 radical (unpaired) electrons. The molecule has 0 bridgehead atoms. The van der Waals surface area contributed by atoms with E-state index in [1.807, 2.05) is 0 Å². The molecule has 0 spiro atoms. The minimum Gasteiger partial charge on any atom is -0.480 e. The van der Waals surface area contributed by atoms with Crippen LogP contribution in [0.15, 0.2) is 10.9 Å². The first kappa shape index (κ1) is 10.4. The number of aromatic nitrogens is 2. The second-order valence-electron chi connectivity index (χ2n) is 3.17. The topological polar surface area (TPSA) is 72.2 Å². The zero-order valence-electron chi connectivity index (χ0n) is 8.31. The summed E-state index contributed by atoms with van der Waals surface area (Å²) < 4.78 is 1.16. The molecule has 0 saturated carbocycles. The van der Waals surface area contributed by atoms with Crippen molar-refractivity contribution in [2.45, 2.75) is 26.8 Å². The van der Waals surface area contributed by atoms with Crippen molar-refractivity contribution in [1.82, 2.24) is 9.55 Å². The molecule has 0 amide bonds. The van der Waals surface area contributed by atoms with Crippen molar-refractivity contribution >= 4 is 5.97 Å². The van der Waals surface area contributed by atoms with E-state index in [4.69, 9.17) is 5.11 Å². The highest BCUT2D eigenvalue weighted by Crippen LogP contribution is 2.04. The quantitative estimate of drug-likeness (QED) is 0.747. The Labute approximate surface area is 81.0 Å². The molecule has 1 atom stereocenters. The zero-order chi connectivity index (χ0) is 10.9. The van der Waals surface area contributed by atoms with E-state index in [0.29, 0.717) is 11.5 Å². The molecule has 5 heteroatoms. The van der Waals surface area contributed by atoms with Gasteiger partial charge in [-0.1, -0.05) is 0 Å². The van der Waals surface area contributed by atoms with Crippen molar-refractivity contribution in [2.75, 3.05) is 0 Å². The summed E-state index contributed by atoms with van der Waals surface area (Å²) in [6.07, 6.45) is 0. The van der Waals surface area contributed by atoms with Gasteiger partial charge in [-0.3, -0.25) is 9.36 Å². The Morgan fingerprint density at radius 1 is 1.57 bits per heavy atom. The molecule has 0 aromatic carbocycles. The number of aryl methyl sites for hydroxylation is 2. The van der Waals surface area contributed by atoms with E-state index in [2.05, 4.69) is 4.98 Å². The van der Waals surface area contributed by atoms with Crippen LogP contribution in [0.3, 0.4) is 0 Å². The highest BCUT2D eigenvalue weighted by Gasteiger charge is 2.16. The van der Waals surface area contributed by atoms with Gasteiger partial charge in [0.25, 0.3) is 5.56 Å². The normalized spacial score (nSPS) is 12.5. The summed E-state index contributed by atoms with van der Waals surface area (Å²) >= 11 is 0. The molecule has 0 fully saturated rings. The summed E-state index contributed by atoms with van der Waals surface area (Å²) in [5.41, 5.74) is 0.270. The standard InChI is InChI=1S/C9H12N2O3/c1-5-4-8(12)11(7(3)10-5)6(2)9(13)14/h4,6H,1-3H3,(H,13,14). The first-order chi connectivity index (χ1) is 6.43. The van der Waals surface area contributed by atoms with Crippen molar-refractivity contribution in [3.63, 3.8) is 0 Å². The van der Waals surface area contributed by atoms with Gasteiger partial charge in [0.1, 0.15) is 11.9 Å². The number of hydrogen-bond donors (Lipinski definition) is 1. The van der Waals surface area contributed by atoms with Gasteiger partial charge in [0.15, 0.2) is 0 Å². The van der Waals surface area contributed by atoms with Crippen molar-refractivity contribution in [3.8, 4) is 0 Å². The molecule has 1 unspecified atom stereocenters. The van der Waals surface area contributed by atoms with Gasteiger partial charge in [0, 0.05) is 11.8 Å². The van der Waals surface area contributed by atoms with Gasteiger partial charge in [0.2, 0.25) is 0 Å². The van der Waals surface area contributed by atoms with E-state index < -0.39 is 12.0 Å². The summed E-state index contributed by atoms with van der Waals surface area (Å²) in [5, 5.41) is 8.77. The van der Waals surface area contributed by atoms with Crippen LogP contribution in [0, 0.1) is 13.8 Å². The fourth-order valence-corrected chi connectivity index (χ4v) is 1.33. The predicted molar refractivity (Wildman–Crippen MR) is 50.3 cm³/mol. The average Bonchev–Trinajstić information content (AvgIpc) is 2.01. The van der Waals surface area contributed by atoms with Crippen LogP contribution in [0.2, 0.25) is 0 Å². The van der Waals surface area contributed by atoms with Crippen molar-refractivity contribution in [3.05, 3.63) is 27.9 Å². The van der Waals surface area contributed by atoms with Crippen molar-refractivity contribution in [2.24, 2.45) is 0 Å². The Bertz CT molecular complexity index is 423. The van der Waals surface area contributed by atoms with E-state index in [1.54, 1.807) is 13.8 Å². The van der Waals surface area contributed by atoms with Gasteiger partial charge in [-0.2, -0.15) is 0 Å². The molecule has 14 heavy (non-hydrogen) atoms. The molecule has 1 rings (SSSR count). The van der Waals surface area contributed by atoms with Crippen LogP contribution < -0.4 is 5.56 Å². The molecule has 76 valence electrons. The monoisotopic (exact) mass is 196 g/mol. The largest absolute Gasteiger partial charge is 0.480 e. The molecule has 1 aromatic rings. The Hall–Kier alpha value is -1.65. The van der Waals surface area contributed by atoms with Crippen LogP contribution >= 0.6 is 0 Å². The number of nitrogens with zero attached hydrogens (tertiary/aromatic N) is 2. The fraction of sp³-hybridized carbons (Fsp3) is 0.444. The molecule has 0 aliphatic rings. The fourth-order valence-electron chi connectivity index (χ4n) is 1.33. The Morgan fingerprint density at radius 3 is 2.57 bits per heavy atom. The summed E-state index contributed by atoms with van der Waals surface area (Å²) in [6.45, 7) is 4.77. The molecule has 5 nitrogen and oxygen atoms in total. The lowest BCUT2D eigenvalue weighted by Crippen LogP contribution is -2.30. The molecular weight excluding hydrogens is 184 g/mol. The molecular formula is C9H12N2O3. The Balaban J connectivity index is 3.35. The lowest BCUT2D eigenvalue weighted by atomic mass is 10.3. The van der Waals surface area contributed by atoms with E-state index in [9.17, 15) is 9.59 Å². The number of carboxylic acids is 1. The number of hydrogen-bond acceptors (Lipinski definition) is 3. The summed E-state index contributed by atoms with van der Waals surface area (Å²) in [4.78, 5) is 26.2. The van der Waals surface area contributed by atoms with Gasteiger partial charge in [-0.25, -0.2) is 9.78 Å². The Morgan fingerprint density at radius 2 is 2.14 bits per heavy atom. The number of aliphatic carboxylic acids is 1. The van der Waals surface area contributed by atoms with Crippen LogP contribution in [0.25, 0.3) is 0 Å². The number of carbonyl (C=O) groups is 1. The minimum absolute atomic E-state index is 0.329. The summed E-state index contributed by atoms with van der Waals surface area (Å²) in [5.74, 6) is -0.620. The number of rotatable bonds is 2. The molecule has 1 N–H and O–H groups in total. The second kappa shape index (κ2) is 3.61. The van der Waals surface area contributed by atoms with Gasteiger partial charge in [-0.05, 0) is 20.8 Å². The predicted octanol–water partition coefficient (Wildman–Crippen LogP) is 0.506. The maximum Gasteiger partial charge on any atom is 0.326 e. The highest BCUT2D eigenvalue weighted by atomic mass is 16.4. The van der Waals surface area contributed by atoms with Gasteiger partial charge in [-0.15, -0.1) is 0 Å². The van der Waals surface area contributed by atoms with E-state index in [-0.39, 0.29) is 5.56 Å². The SMILES string of the molecule is Cc1cc(=O)n(C(C)C(=O)O)c(C)n1. The van der Waals surface area contributed by atoms with E-state index >= 15 is 0 Å². The van der Waals surface area contributed by atoms with Crippen LogP contribution in [-0.4, -0.2) is 20.6 Å². The van der Waals surface area contributed by atoms with Crippen molar-refractivity contribution < 1.29 is 9.90 Å². The van der Waals surface area contributed by atoms with E-state index in [1.165, 1.54) is 13.0 Å². The van der Waals surface area contributed by atoms with Crippen LogP contribution in [0.5, 0.6) is 0 Å². The molecule has 0 saturated heterocycles. The second-order valence-corrected chi connectivity index (χ2v) is 3.17. The van der Waals surface area contributed by atoms with Crippen LogP contribution in [-0.2, 0) is 4.79 Å². The highest BCUT2D eigenvalue weighted by molar-refractivity contribution is 5.71. The van der Waals surface area contributed by atoms with Crippen molar-refractivity contribution in [1.29, 1.82) is 0 Å². The van der Waals surface area contributed by atoms with Gasteiger partial charge >= 0.3 is 5.97 Å². The molecule has 1 heterocycles. The van der Waals surface area contributed by atoms with Crippen LogP contribution in [0.1, 0.15) is 24.5 Å². The maximum atomic E-state index is 11.5. The lowest BCUT2D eigenvalue weighted by molar-refractivity contribution is -0.140. The number of carboxylic acid groups (broad SMARTS) is 1. The van der Waals surface area contributed by atoms with Gasteiger partial charge in [0.05, 0.1) is 0 Å². The molecule has 0 aliphatic carbocycles. The third-order valence-corrected chi connectivity index (χ3v) is 2.00. The first-order valence-corrected chi connectivity index (χ1v) is 4.23. The molecule has 0 aliphatic heterocycles. The first-order valence-electron chi connectivity index (χ1n) is 4.23. The lowest BCUT2D eigenvalue weighted by Gasteiger charge is -2.13. The Kier molecular flexibility index (Phi) is 2.69. The smallest absolute Gasteiger partial charge is 0.326 e. The minimum atomic E-state index is -1.04. The van der Waals surface area contributed by atoms with Crippen LogP contribution in [0.4, 0.5) is 0 Å². The molecule has 1 aromatic heterocycles. The third-order valence-electron chi connectivity index (χ3n) is 2.00. The van der Waals surface area contributed by atoms with E-state index in [0.717, 1.165) is 4.57 Å². The average molecular weight is 196 g/mol. The zero-order valence-corrected chi connectivity index (χ0v) is 8.31. The summed E-state index contributed by atoms with van der Waals surface area (Å²) in [7, 11) is 0. The van der Waals surface area contributed by atoms with Gasteiger partial charge < -0.3 is 5.11 Å².